The molecule has 2 aliphatic heterocycles. The van der Waals surface area contributed by atoms with Gasteiger partial charge in [-0.1, -0.05) is 82.7 Å². The second-order valence-corrected chi connectivity index (χ2v) is 12.8. The molecular formula is C36H53NO7. The molecule has 8 atom stereocenters. The normalized spacial score (nSPS) is 34.0. The second-order valence-electron chi connectivity index (χ2n) is 12.8. The Balaban J connectivity index is 1.92. The van der Waals surface area contributed by atoms with E-state index in [2.05, 4.69) is 31.2 Å². The molecule has 0 spiro atoms. The molecule has 2 heterocycles. The number of hydrogen-bond donors (Lipinski definition) is 2. The molecule has 1 unspecified atom stereocenters. The smallest absolute Gasteiger partial charge is 0.329 e. The Kier molecular flexibility index (Phi) is 13.8. The Bertz CT molecular complexity index is 1130. The number of carbonyl (C=O) groups is 3. The van der Waals surface area contributed by atoms with Crippen LogP contribution in [0.15, 0.2) is 54.6 Å². The Labute approximate surface area is 263 Å². The fourth-order valence-corrected chi connectivity index (χ4v) is 6.44. The van der Waals surface area contributed by atoms with E-state index in [-0.39, 0.29) is 24.3 Å². The lowest BCUT2D eigenvalue weighted by atomic mass is 9.86. The van der Waals surface area contributed by atoms with Gasteiger partial charge in [-0.25, -0.2) is 4.79 Å². The summed E-state index contributed by atoms with van der Waals surface area (Å²) in [5.41, 5.74) is 1.14. The summed E-state index contributed by atoms with van der Waals surface area (Å²) in [6.07, 6.45) is 12.6. The van der Waals surface area contributed by atoms with Gasteiger partial charge in [-0.15, -0.1) is 0 Å². The molecule has 1 saturated heterocycles. The molecule has 1 fully saturated rings. The van der Waals surface area contributed by atoms with Crippen LogP contribution in [0.3, 0.4) is 0 Å². The van der Waals surface area contributed by atoms with Gasteiger partial charge >= 0.3 is 11.8 Å². The predicted molar refractivity (Wildman–Crippen MR) is 170 cm³/mol. The zero-order valence-electron chi connectivity index (χ0n) is 27.2. The van der Waals surface area contributed by atoms with Crippen molar-refractivity contribution in [1.82, 2.24) is 4.90 Å². The molecule has 0 bridgehead atoms. The van der Waals surface area contributed by atoms with E-state index in [1.807, 2.05) is 44.2 Å². The second kappa shape index (κ2) is 17.0. The van der Waals surface area contributed by atoms with Crippen molar-refractivity contribution in [3.05, 3.63) is 60.2 Å². The molecule has 0 aromatic heterocycles. The SMILES string of the molecule is CC[C@H](Cc1ccccc1)[C@@H]1/C=C/C/C=C/C[C@@H](C)[C@H](O)[C@@H](C)CCC[C@@H](C)C(=O)C(O)(OC)C(=O)N2CCC[C@H]2C(=O)O1. The van der Waals surface area contributed by atoms with Crippen LogP contribution in [0.5, 0.6) is 0 Å². The number of Topliss-reactive ketones (excluding diaryl/α,β-unsaturated/α-hetero) is 1. The van der Waals surface area contributed by atoms with Gasteiger partial charge in [0, 0.05) is 25.5 Å². The Morgan fingerprint density at radius 3 is 2.41 bits per heavy atom. The van der Waals surface area contributed by atoms with Crippen LogP contribution < -0.4 is 0 Å². The lowest BCUT2D eigenvalue weighted by Gasteiger charge is -2.33. The summed E-state index contributed by atoms with van der Waals surface area (Å²) in [7, 11) is 1.14. The van der Waals surface area contributed by atoms with E-state index < -0.39 is 47.6 Å². The molecule has 1 aromatic carbocycles. The van der Waals surface area contributed by atoms with E-state index in [9.17, 15) is 24.6 Å². The number of nitrogens with zero attached hydrogens (tertiary/aromatic N) is 1. The van der Waals surface area contributed by atoms with Gasteiger partial charge in [-0.2, -0.15) is 0 Å². The molecule has 0 saturated carbocycles. The van der Waals surface area contributed by atoms with Crippen LogP contribution in [-0.2, 0) is 30.3 Å². The molecule has 44 heavy (non-hydrogen) atoms. The lowest BCUT2D eigenvalue weighted by Crippen LogP contribution is -2.59. The third-order valence-corrected chi connectivity index (χ3v) is 9.47. The largest absolute Gasteiger partial charge is 0.456 e. The number of aliphatic hydroxyl groups is 2. The quantitative estimate of drug-likeness (QED) is 0.198. The minimum atomic E-state index is -2.69. The fourth-order valence-electron chi connectivity index (χ4n) is 6.44. The van der Waals surface area contributed by atoms with Crippen molar-refractivity contribution in [2.45, 2.75) is 110 Å². The number of fused-ring (bicyclic) bond motifs is 1. The summed E-state index contributed by atoms with van der Waals surface area (Å²) in [6.45, 7) is 8.00. The molecule has 1 aromatic rings. The van der Waals surface area contributed by atoms with Crippen molar-refractivity contribution in [2.24, 2.45) is 23.7 Å². The van der Waals surface area contributed by atoms with Crippen molar-refractivity contribution >= 4 is 17.7 Å². The molecule has 2 N–H and O–H groups in total. The molecular weight excluding hydrogens is 558 g/mol. The van der Waals surface area contributed by atoms with Crippen LogP contribution in [0, 0.1) is 23.7 Å². The number of allylic oxidation sites excluding steroid dienone is 3. The number of methoxy groups -OCH3 is 1. The number of rotatable bonds is 5. The summed E-state index contributed by atoms with van der Waals surface area (Å²) in [6, 6.07) is 9.15. The van der Waals surface area contributed by atoms with Crippen LogP contribution in [0.1, 0.15) is 84.6 Å². The summed E-state index contributed by atoms with van der Waals surface area (Å²) in [4.78, 5) is 42.1. The standard InChI is InChI=1S/C36H53NO7/c1-6-29(24-28-19-11-9-12-20-28)31-22-13-8-7-10-16-25(2)32(38)26(3)17-14-18-27(4)33(39)36(42,43-5)35(41)37-23-15-21-30(37)34(40)44-31/h7,9-13,19-20,22,25-27,29-32,38,42H,6,8,14-18,21,23-24H2,1-5H3/b10-7+,22-13+/t25-,26+,27-,29-,30+,31+,32+,36?/m1/s1. The van der Waals surface area contributed by atoms with Crippen molar-refractivity contribution in [2.75, 3.05) is 13.7 Å². The minimum Gasteiger partial charge on any atom is -0.456 e. The van der Waals surface area contributed by atoms with Gasteiger partial charge in [-0.3, -0.25) is 9.59 Å². The number of ether oxygens (including phenoxy) is 2. The van der Waals surface area contributed by atoms with Gasteiger partial charge in [0.15, 0.2) is 0 Å². The molecule has 0 aliphatic carbocycles. The Hall–Kier alpha value is -2.81. The molecule has 8 heteroatoms. The number of hydrogen-bond acceptors (Lipinski definition) is 7. The van der Waals surface area contributed by atoms with Gasteiger partial charge in [0.1, 0.15) is 12.1 Å². The monoisotopic (exact) mass is 611 g/mol. The molecule has 3 rings (SSSR count). The van der Waals surface area contributed by atoms with Gasteiger partial charge in [0.2, 0.25) is 5.78 Å². The molecule has 1 amide bonds. The van der Waals surface area contributed by atoms with Crippen molar-refractivity contribution in [1.29, 1.82) is 0 Å². The summed E-state index contributed by atoms with van der Waals surface area (Å²) in [5.74, 6) is -5.45. The zero-order chi connectivity index (χ0) is 32.3. The highest BCUT2D eigenvalue weighted by Crippen LogP contribution is 2.29. The Morgan fingerprint density at radius 2 is 1.73 bits per heavy atom. The first-order valence-corrected chi connectivity index (χ1v) is 16.4. The van der Waals surface area contributed by atoms with E-state index >= 15 is 0 Å². The third-order valence-electron chi connectivity index (χ3n) is 9.47. The average molecular weight is 612 g/mol. The van der Waals surface area contributed by atoms with Gasteiger partial charge in [0.05, 0.1) is 6.10 Å². The van der Waals surface area contributed by atoms with Gasteiger partial charge < -0.3 is 24.6 Å². The average Bonchev–Trinajstić information content (AvgIpc) is 3.53. The number of aliphatic hydroxyl groups excluding tert-OH is 1. The molecule has 0 radical (unpaired) electrons. The topological polar surface area (TPSA) is 113 Å². The fraction of sp³-hybridized carbons (Fsp3) is 0.639. The lowest BCUT2D eigenvalue weighted by molar-refractivity contribution is -0.211. The number of benzene rings is 1. The highest BCUT2D eigenvalue weighted by Gasteiger charge is 2.52. The van der Waals surface area contributed by atoms with Crippen LogP contribution in [0.2, 0.25) is 0 Å². The number of amides is 1. The molecule has 244 valence electrons. The predicted octanol–water partition coefficient (Wildman–Crippen LogP) is 5.41. The first-order chi connectivity index (χ1) is 21.0. The molecule has 2 aliphatic rings. The van der Waals surface area contributed by atoms with Crippen molar-refractivity contribution in [3.8, 4) is 0 Å². The third kappa shape index (κ3) is 9.11. The van der Waals surface area contributed by atoms with Gasteiger partial charge in [-0.05, 0) is 74.8 Å². The van der Waals surface area contributed by atoms with E-state index in [0.717, 1.165) is 25.5 Å². The highest BCUT2D eigenvalue weighted by molar-refractivity contribution is 6.09. The molecule has 8 nitrogen and oxygen atoms in total. The summed E-state index contributed by atoms with van der Waals surface area (Å²) < 4.78 is 11.3. The van der Waals surface area contributed by atoms with Crippen LogP contribution >= 0.6 is 0 Å². The van der Waals surface area contributed by atoms with E-state index in [1.54, 1.807) is 6.92 Å². The zero-order valence-corrected chi connectivity index (χ0v) is 27.2. The highest BCUT2D eigenvalue weighted by atomic mass is 16.6. The number of esters is 1. The number of carbonyl (C=O) groups excluding carboxylic acids is 3. The van der Waals surface area contributed by atoms with Crippen LogP contribution in [0.4, 0.5) is 0 Å². The summed E-state index contributed by atoms with van der Waals surface area (Å²) >= 11 is 0. The Morgan fingerprint density at radius 1 is 1.00 bits per heavy atom. The first kappa shape index (κ1) is 35.7. The van der Waals surface area contributed by atoms with Crippen LogP contribution in [0.25, 0.3) is 0 Å². The van der Waals surface area contributed by atoms with E-state index in [4.69, 9.17) is 9.47 Å². The maximum atomic E-state index is 13.7. The van der Waals surface area contributed by atoms with Gasteiger partial charge in [0.25, 0.3) is 5.91 Å². The van der Waals surface area contributed by atoms with E-state index in [0.29, 0.717) is 44.9 Å². The summed E-state index contributed by atoms with van der Waals surface area (Å²) in [5, 5.41) is 22.2. The first-order valence-electron chi connectivity index (χ1n) is 16.4. The maximum Gasteiger partial charge on any atom is 0.329 e. The van der Waals surface area contributed by atoms with Crippen molar-refractivity contribution < 1.29 is 34.1 Å². The number of ketones is 1. The number of cyclic esters (lactones) is 1. The maximum absolute atomic E-state index is 13.7. The van der Waals surface area contributed by atoms with E-state index in [1.165, 1.54) is 4.90 Å². The van der Waals surface area contributed by atoms with Crippen LogP contribution in [-0.4, -0.2) is 70.5 Å². The van der Waals surface area contributed by atoms with Crippen molar-refractivity contribution in [3.63, 3.8) is 0 Å². The minimum absolute atomic E-state index is 0.00346.